The van der Waals surface area contributed by atoms with Crippen LogP contribution < -0.4 is 5.32 Å². The summed E-state index contributed by atoms with van der Waals surface area (Å²) in [6.07, 6.45) is -0.0572. The predicted octanol–water partition coefficient (Wildman–Crippen LogP) is 1.76. The van der Waals surface area contributed by atoms with Crippen molar-refractivity contribution in [1.82, 2.24) is 5.32 Å². The van der Waals surface area contributed by atoms with Gasteiger partial charge in [0.25, 0.3) is 0 Å². The third-order valence-electron chi connectivity index (χ3n) is 2.33. The molecule has 1 aromatic rings. The van der Waals surface area contributed by atoms with Crippen molar-refractivity contribution in [2.24, 2.45) is 0 Å². The number of nitrogens with zero attached hydrogens (tertiary/aromatic N) is 1. The molecule has 17 heavy (non-hydrogen) atoms. The first-order valence-corrected chi connectivity index (χ1v) is 5.15. The summed E-state index contributed by atoms with van der Waals surface area (Å²) in [5.41, 5.74) is 1.10. The third-order valence-corrected chi connectivity index (χ3v) is 2.33. The first-order valence-electron chi connectivity index (χ1n) is 5.15. The van der Waals surface area contributed by atoms with E-state index < -0.39 is 12.0 Å². The minimum absolute atomic E-state index is 0.0572. The van der Waals surface area contributed by atoms with Crippen molar-refractivity contribution >= 4 is 5.97 Å². The summed E-state index contributed by atoms with van der Waals surface area (Å²) in [4.78, 5) is 10.3. The molecular formula is C12H13FN2O2. The summed E-state index contributed by atoms with van der Waals surface area (Å²) in [6, 6.07) is 5.79. The Morgan fingerprint density at radius 1 is 1.65 bits per heavy atom. The molecule has 0 aliphatic heterocycles. The van der Waals surface area contributed by atoms with Gasteiger partial charge in [0.1, 0.15) is 11.9 Å². The first kappa shape index (κ1) is 13.1. The molecule has 0 saturated carbocycles. The number of nitriles is 1. The van der Waals surface area contributed by atoms with E-state index in [0.717, 1.165) is 0 Å². The van der Waals surface area contributed by atoms with E-state index in [0.29, 0.717) is 11.1 Å². The molecule has 2 N–H and O–H groups in total. The Labute approximate surface area is 98.7 Å². The molecule has 1 rings (SSSR count). The highest BCUT2D eigenvalue weighted by Crippen LogP contribution is 2.16. The third kappa shape index (κ3) is 3.85. The van der Waals surface area contributed by atoms with E-state index >= 15 is 0 Å². The highest BCUT2D eigenvalue weighted by atomic mass is 19.1. The molecule has 0 aliphatic rings. The summed E-state index contributed by atoms with van der Waals surface area (Å²) in [7, 11) is 0. The molecule has 0 aromatic heterocycles. The molecule has 90 valence electrons. The van der Waals surface area contributed by atoms with Crippen molar-refractivity contribution in [3.8, 4) is 6.07 Å². The van der Waals surface area contributed by atoms with Gasteiger partial charge in [-0.2, -0.15) is 5.26 Å². The molecule has 4 nitrogen and oxygen atoms in total. The zero-order valence-corrected chi connectivity index (χ0v) is 9.40. The van der Waals surface area contributed by atoms with Crippen LogP contribution in [0.1, 0.15) is 23.6 Å². The first-order chi connectivity index (χ1) is 8.04. The number of hydrogen-bond acceptors (Lipinski definition) is 3. The number of rotatable bonds is 5. The van der Waals surface area contributed by atoms with Gasteiger partial charge in [-0.25, -0.2) is 4.39 Å². The maximum atomic E-state index is 13.0. The van der Waals surface area contributed by atoms with Crippen molar-refractivity contribution < 1.29 is 14.3 Å². The van der Waals surface area contributed by atoms with Gasteiger partial charge in [0.15, 0.2) is 0 Å². The van der Waals surface area contributed by atoms with Gasteiger partial charge in [-0.1, -0.05) is 12.1 Å². The van der Waals surface area contributed by atoms with Crippen LogP contribution in [0.15, 0.2) is 18.2 Å². The zero-order chi connectivity index (χ0) is 12.8. The fourth-order valence-corrected chi connectivity index (χ4v) is 1.41. The highest BCUT2D eigenvalue weighted by Gasteiger charge is 2.11. The van der Waals surface area contributed by atoms with Gasteiger partial charge in [-0.15, -0.1) is 0 Å². The van der Waals surface area contributed by atoms with E-state index in [-0.39, 0.29) is 18.8 Å². The van der Waals surface area contributed by atoms with E-state index in [9.17, 15) is 9.18 Å². The molecule has 0 aliphatic carbocycles. The minimum Gasteiger partial charge on any atom is -0.481 e. The van der Waals surface area contributed by atoms with Crippen LogP contribution in [0.25, 0.3) is 0 Å². The molecule has 0 amide bonds. The van der Waals surface area contributed by atoms with Crippen molar-refractivity contribution in [2.75, 3.05) is 6.54 Å². The summed E-state index contributed by atoms with van der Waals surface area (Å²) >= 11 is 0. The van der Waals surface area contributed by atoms with Gasteiger partial charge in [-0.3, -0.25) is 10.1 Å². The lowest BCUT2D eigenvalue weighted by atomic mass is 10.0. The van der Waals surface area contributed by atoms with Crippen LogP contribution in [0.5, 0.6) is 0 Å². The number of carboxylic acid groups (broad SMARTS) is 1. The molecule has 1 unspecified atom stereocenters. The van der Waals surface area contributed by atoms with Crippen LogP contribution in [-0.4, -0.2) is 17.6 Å². The van der Waals surface area contributed by atoms with Gasteiger partial charge < -0.3 is 5.11 Å². The summed E-state index contributed by atoms with van der Waals surface area (Å²) in [5.74, 6) is -1.25. The van der Waals surface area contributed by atoms with Gasteiger partial charge >= 0.3 is 5.97 Å². The molecule has 0 radical (unpaired) electrons. The fraction of sp³-hybridized carbons (Fsp3) is 0.333. The Hall–Kier alpha value is -1.93. The number of hydrogen-bond donors (Lipinski definition) is 2. The molecule has 0 saturated heterocycles. The van der Waals surface area contributed by atoms with E-state index in [1.54, 1.807) is 13.0 Å². The minimum atomic E-state index is -0.926. The smallest absolute Gasteiger partial charge is 0.304 e. The molecule has 0 fully saturated rings. The van der Waals surface area contributed by atoms with E-state index in [2.05, 4.69) is 5.32 Å². The Kier molecular flexibility index (Phi) is 4.61. The van der Waals surface area contributed by atoms with Crippen molar-refractivity contribution in [2.45, 2.75) is 19.4 Å². The second-order valence-electron chi connectivity index (χ2n) is 3.67. The molecule has 0 bridgehead atoms. The average Bonchev–Trinajstić information content (AvgIpc) is 2.28. The maximum absolute atomic E-state index is 13.0. The summed E-state index contributed by atoms with van der Waals surface area (Å²) in [5, 5.41) is 20.2. The lowest BCUT2D eigenvalue weighted by Gasteiger charge is -2.11. The van der Waals surface area contributed by atoms with Crippen molar-refractivity contribution in [3.63, 3.8) is 0 Å². The van der Waals surface area contributed by atoms with Crippen molar-refractivity contribution in [3.05, 3.63) is 35.1 Å². The number of halogens is 1. The average molecular weight is 236 g/mol. The zero-order valence-electron chi connectivity index (χ0n) is 9.40. The second-order valence-corrected chi connectivity index (χ2v) is 3.67. The normalized spacial score (nSPS) is 11.8. The van der Waals surface area contributed by atoms with E-state index in [1.807, 2.05) is 6.07 Å². The Bertz CT molecular complexity index is 454. The monoisotopic (exact) mass is 236 g/mol. The Balaban J connectivity index is 2.70. The molecule has 1 aromatic carbocycles. The molecule has 0 spiro atoms. The van der Waals surface area contributed by atoms with E-state index in [1.165, 1.54) is 12.1 Å². The van der Waals surface area contributed by atoms with Crippen LogP contribution in [0.2, 0.25) is 0 Å². The lowest BCUT2D eigenvalue weighted by molar-refractivity contribution is -0.136. The Morgan fingerprint density at radius 2 is 2.35 bits per heavy atom. The largest absolute Gasteiger partial charge is 0.481 e. The van der Waals surface area contributed by atoms with Gasteiger partial charge in [0.2, 0.25) is 0 Å². The van der Waals surface area contributed by atoms with E-state index in [4.69, 9.17) is 10.4 Å². The van der Waals surface area contributed by atoms with Crippen LogP contribution >= 0.6 is 0 Å². The van der Waals surface area contributed by atoms with Crippen LogP contribution in [0.3, 0.4) is 0 Å². The number of aliphatic carboxylic acids is 1. The van der Waals surface area contributed by atoms with Gasteiger partial charge in [0, 0.05) is 6.54 Å². The quantitative estimate of drug-likeness (QED) is 0.817. The van der Waals surface area contributed by atoms with Crippen LogP contribution in [0, 0.1) is 24.1 Å². The maximum Gasteiger partial charge on any atom is 0.304 e. The predicted molar refractivity (Wildman–Crippen MR) is 59.7 cm³/mol. The Morgan fingerprint density at radius 3 is 2.88 bits per heavy atom. The highest BCUT2D eigenvalue weighted by molar-refractivity contribution is 5.66. The number of carbonyl (C=O) groups is 1. The van der Waals surface area contributed by atoms with Gasteiger partial charge in [0.05, 0.1) is 12.5 Å². The number of benzene rings is 1. The molecule has 5 heteroatoms. The lowest BCUT2D eigenvalue weighted by Crippen LogP contribution is -2.23. The topological polar surface area (TPSA) is 73.1 Å². The van der Waals surface area contributed by atoms with Crippen molar-refractivity contribution in [1.29, 1.82) is 5.26 Å². The fourth-order valence-electron chi connectivity index (χ4n) is 1.41. The number of nitrogens with one attached hydrogen (secondary N) is 1. The number of aryl methyl sites for hydroxylation is 1. The summed E-state index contributed by atoms with van der Waals surface area (Å²) in [6.45, 7) is 1.81. The molecular weight excluding hydrogens is 223 g/mol. The standard InChI is InChI=1S/C12H13FN2O2/c1-8-6-9(2-3-10(8)13)11(7-14)15-5-4-12(16)17/h2-3,6,11,15H,4-5H2,1H3,(H,16,17). The molecule has 1 atom stereocenters. The van der Waals surface area contributed by atoms with Crippen LogP contribution in [-0.2, 0) is 4.79 Å². The number of carboxylic acids is 1. The SMILES string of the molecule is Cc1cc(C(C#N)NCCC(=O)O)ccc1F. The second kappa shape index (κ2) is 5.97. The molecule has 0 heterocycles. The van der Waals surface area contributed by atoms with Crippen LogP contribution in [0.4, 0.5) is 4.39 Å². The van der Waals surface area contributed by atoms with Gasteiger partial charge in [-0.05, 0) is 24.1 Å². The summed E-state index contributed by atoms with van der Waals surface area (Å²) < 4.78 is 13.0.